The molecule has 1 unspecified atom stereocenters. The second-order valence-electron chi connectivity index (χ2n) is 5.65. The van der Waals surface area contributed by atoms with Crippen molar-refractivity contribution in [2.75, 3.05) is 13.2 Å². The van der Waals surface area contributed by atoms with E-state index in [1.54, 1.807) is 12.1 Å². The molecule has 1 aliphatic carbocycles. The number of rotatable bonds is 7. The van der Waals surface area contributed by atoms with Gasteiger partial charge in [-0.15, -0.1) is 0 Å². The predicted molar refractivity (Wildman–Crippen MR) is 80.4 cm³/mol. The first-order valence-corrected chi connectivity index (χ1v) is 7.82. The minimum atomic E-state index is -0.172. The van der Waals surface area contributed by atoms with Crippen LogP contribution in [-0.4, -0.2) is 24.8 Å². The zero-order valence-corrected chi connectivity index (χ0v) is 12.6. The molecule has 0 radical (unpaired) electrons. The first-order chi connectivity index (χ1) is 9.70. The summed E-state index contributed by atoms with van der Waals surface area (Å²) >= 11 is 0. The van der Waals surface area contributed by atoms with Crippen LogP contribution in [0, 0.1) is 5.82 Å². The monoisotopic (exact) mass is 279 g/mol. The fraction of sp³-hybridized carbons (Fsp3) is 0.647. The molecule has 20 heavy (non-hydrogen) atoms. The Hall–Kier alpha value is -0.930. The minimum Gasteiger partial charge on any atom is -0.374 e. The molecule has 2 nitrogen and oxygen atoms in total. The number of ether oxygens (including phenoxy) is 1. The van der Waals surface area contributed by atoms with Crippen molar-refractivity contribution in [2.24, 2.45) is 0 Å². The fourth-order valence-corrected chi connectivity index (χ4v) is 3.40. The highest BCUT2D eigenvalue weighted by atomic mass is 19.1. The molecule has 3 heteroatoms. The van der Waals surface area contributed by atoms with Gasteiger partial charge in [0.15, 0.2) is 0 Å². The molecule has 1 fully saturated rings. The van der Waals surface area contributed by atoms with Crippen LogP contribution in [0.15, 0.2) is 24.3 Å². The van der Waals surface area contributed by atoms with E-state index in [0.29, 0.717) is 6.04 Å². The van der Waals surface area contributed by atoms with Gasteiger partial charge in [-0.3, -0.25) is 0 Å². The summed E-state index contributed by atoms with van der Waals surface area (Å²) in [4.78, 5) is 0. The molecule has 0 amide bonds. The highest BCUT2D eigenvalue weighted by Crippen LogP contribution is 2.37. The lowest BCUT2D eigenvalue weighted by molar-refractivity contribution is -0.0609. The highest BCUT2D eigenvalue weighted by molar-refractivity contribution is 5.18. The Morgan fingerprint density at radius 2 is 1.85 bits per heavy atom. The standard InChI is InChI=1S/C17H26FNO/c1-3-19-16(13-14-7-9-15(18)10-8-14)17(20-4-2)11-5-6-12-17/h7-10,16,19H,3-6,11-13H2,1-2H3. The van der Waals surface area contributed by atoms with E-state index in [-0.39, 0.29) is 11.4 Å². The Morgan fingerprint density at radius 3 is 2.40 bits per heavy atom. The van der Waals surface area contributed by atoms with Gasteiger partial charge in [0.05, 0.1) is 5.60 Å². The number of hydrogen-bond donors (Lipinski definition) is 1. The molecule has 112 valence electrons. The largest absolute Gasteiger partial charge is 0.374 e. The molecule has 0 aliphatic heterocycles. The van der Waals surface area contributed by atoms with Gasteiger partial charge in [0.1, 0.15) is 5.82 Å². The molecule has 1 saturated carbocycles. The van der Waals surface area contributed by atoms with Crippen LogP contribution in [0.4, 0.5) is 4.39 Å². The third-order valence-corrected chi connectivity index (χ3v) is 4.32. The van der Waals surface area contributed by atoms with E-state index in [4.69, 9.17) is 4.74 Å². The highest BCUT2D eigenvalue weighted by Gasteiger charge is 2.41. The molecule has 1 aliphatic rings. The summed E-state index contributed by atoms with van der Waals surface area (Å²) in [5.74, 6) is -0.172. The van der Waals surface area contributed by atoms with E-state index >= 15 is 0 Å². The smallest absolute Gasteiger partial charge is 0.123 e. The van der Waals surface area contributed by atoms with Gasteiger partial charge in [-0.05, 0) is 50.4 Å². The van der Waals surface area contributed by atoms with Crippen molar-refractivity contribution in [1.29, 1.82) is 0 Å². The molecule has 2 rings (SSSR count). The maximum atomic E-state index is 13.0. The zero-order chi connectivity index (χ0) is 14.4. The molecule has 0 saturated heterocycles. The molecule has 1 aromatic rings. The van der Waals surface area contributed by atoms with Gasteiger partial charge in [0.2, 0.25) is 0 Å². The maximum absolute atomic E-state index is 13.0. The molecule has 1 N–H and O–H groups in total. The number of likely N-dealkylation sites (N-methyl/N-ethyl adjacent to an activating group) is 1. The van der Waals surface area contributed by atoms with E-state index in [0.717, 1.165) is 32.4 Å². The number of hydrogen-bond acceptors (Lipinski definition) is 2. The fourth-order valence-electron chi connectivity index (χ4n) is 3.40. The van der Waals surface area contributed by atoms with Crippen molar-refractivity contribution in [3.05, 3.63) is 35.6 Å². The van der Waals surface area contributed by atoms with Crippen LogP contribution < -0.4 is 5.32 Å². The van der Waals surface area contributed by atoms with Crippen molar-refractivity contribution >= 4 is 0 Å². The van der Waals surface area contributed by atoms with Crippen LogP contribution >= 0.6 is 0 Å². The first kappa shape index (κ1) is 15.5. The second-order valence-corrected chi connectivity index (χ2v) is 5.65. The lowest BCUT2D eigenvalue weighted by Gasteiger charge is -2.38. The van der Waals surface area contributed by atoms with Gasteiger partial charge < -0.3 is 10.1 Å². The van der Waals surface area contributed by atoms with E-state index in [1.807, 2.05) is 12.1 Å². The Kier molecular flexibility index (Phi) is 5.55. The Labute approximate surface area is 121 Å². The number of nitrogens with one attached hydrogen (secondary N) is 1. The van der Waals surface area contributed by atoms with Crippen LogP contribution in [0.3, 0.4) is 0 Å². The molecule has 0 aromatic heterocycles. The van der Waals surface area contributed by atoms with E-state index in [1.165, 1.54) is 18.4 Å². The van der Waals surface area contributed by atoms with Gasteiger partial charge in [-0.1, -0.05) is 31.9 Å². The van der Waals surface area contributed by atoms with Crippen molar-refractivity contribution in [3.63, 3.8) is 0 Å². The average molecular weight is 279 g/mol. The van der Waals surface area contributed by atoms with E-state index in [2.05, 4.69) is 19.2 Å². The normalized spacial score (nSPS) is 19.1. The zero-order valence-electron chi connectivity index (χ0n) is 12.6. The quantitative estimate of drug-likeness (QED) is 0.822. The third-order valence-electron chi connectivity index (χ3n) is 4.32. The summed E-state index contributed by atoms with van der Waals surface area (Å²) in [6, 6.07) is 7.16. The van der Waals surface area contributed by atoms with Gasteiger partial charge in [-0.25, -0.2) is 4.39 Å². The van der Waals surface area contributed by atoms with Crippen molar-refractivity contribution < 1.29 is 9.13 Å². The van der Waals surface area contributed by atoms with Crippen molar-refractivity contribution in [1.82, 2.24) is 5.32 Å². The van der Waals surface area contributed by atoms with Crippen LogP contribution in [0.2, 0.25) is 0 Å². The van der Waals surface area contributed by atoms with Crippen LogP contribution in [0.1, 0.15) is 45.1 Å². The van der Waals surface area contributed by atoms with Crippen LogP contribution in [0.5, 0.6) is 0 Å². The van der Waals surface area contributed by atoms with Crippen molar-refractivity contribution in [2.45, 2.75) is 57.6 Å². The molecular weight excluding hydrogens is 253 g/mol. The average Bonchev–Trinajstić information content (AvgIpc) is 2.91. The predicted octanol–water partition coefficient (Wildman–Crippen LogP) is 3.70. The molecule has 1 atom stereocenters. The SMILES string of the molecule is CCNC(Cc1ccc(F)cc1)C1(OCC)CCCC1. The minimum absolute atomic E-state index is 0.0425. The van der Waals surface area contributed by atoms with Crippen LogP contribution in [-0.2, 0) is 11.2 Å². The summed E-state index contributed by atoms with van der Waals surface area (Å²) < 4.78 is 19.2. The lowest BCUT2D eigenvalue weighted by Crippen LogP contribution is -2.52. The molecule has 0 heterocycles. The molecule has 1 aromatic carbocycles. The van der Waals surface area contributed by atoms with Crippen molar-refractivity contribution in [3.8, 4) is 0 Å². The summed E-state index contributed by atoms with van der Waals surface area (Å²) in [5, 5.41) is 3.59. The van der Waals surface area contributed by atoms with Gasteiger partial charge in [0.25, 0.3) is 0 Å². The number of halogens is 1. The Balaban J connectivity index is 2.14. The third kappa shape index (κ3) is 3.58. The second kappa shape index (κ2) is 7.19. The lowest BCUT2D eigenvalue weighted by atomic mass is 9.87. The van der Waals surface area contributed by atoms with E-state index < -0.39 is 0 Å². The summed E-state index contributed by atoms with van der Waals surface area (Å²) in [5.41, 5.74) is 1.13. The maximum Gasteiger partial charge on any atom is 0.123 e. The topological polar surface area (TPSA) is 21.3 Å². The summed E-state index contributed by atoms with van der Waals surface area (Å²) in [6.07, 6.45) is 5.63. The summed E-state index contributed by atoms with van der Waals surface area (Å²) in [7, 11) is 0. The number of benzene rings is 1. The van der Waals surface area contributed by atoms with E-state index in [9.17, 15) is 4.39 Å². The Bertz CT molecular complexity index is 398. The molecule has 0 spiro atoms. The Morgan fingerprint density at radius 1 is 1.20 bits per heavy atom. The van der Waals surface area contributed by atoms with Gasteiger partial charge >= 0.3 is 0 Å². The van der Waals surface area contributed by atoms with Crippen LogP contribution in [0.25, 0.3) is 0 Å². The molecule has 0 bridgehead atoms. The van der Waals surface area contributed by atoms with Gasteiger partial charge in [0, 0.05) is 12.6 Å². The molecular formula is C17H26FNO. The van der Waals surface area contributed by atoms with Gasteiger partial charge in [-0.2, -0.15) is 0 Å². The first-order valence-electron chi connectivity index (χ1n) is 7.82. The summed E-state index contributed by atoms with van der Waals surface area (Å²) in [6.45, 7) is 5.89.